The normalized spacial score (nSPS) is 20.1. The number of aromatic nitrogens is 3. The molecular formula is C16H20N4O6. The van der Waals surface area contributed by atoms with E-state index in [0.29, 0.717) is 25.4 Å². The van der Waals surface area contributed by atoms with E-state index in [1.54, 1.807) is 0 Å². The first-order valence-electron chi connectivity index (χ1n) is 8.19. The Balaban J connectivity index is 1.67. The van der Waals surface area contributed by atoms with Crippen molar-refractivity contribution in [2.24, 2.45) is 0 Å². The highest BCUT2D eigenvalue weighted by molar-refractivity contribution is 5.92. The number of amides is 1. The molecule has 3 heterocycles. The van der Waals surface area contributed by atoms with E-state index in [-0.39, 0.29) is 18.4 Å². The number of rotatable bonds is 5. The molecule has 0 bridgehead atoms. The standard InChI is InChI=1S/C16H20N4O6/c1-8-10(9(2)26-20-8)6-25-13-3-4-24-7-12(13)17-15(22)11-5-14(21)19-16(23)18-11/h5,12-13H,3-4,6-7H2,1-2H3,(H,17,22)(H2,18,19,21,23)/t12-,13+/m0/s1. The minimum absolute atomic E-state index is 0.117. The van der Waals surface area contributed by atoms with Crippen LogP contribution >= 0.6 is 0 Å². The van der Waals surface area contributed by atoms with E-state index in [4.69, 9.17) is 14.0 Å². The third kappa shape index (κ3) is 4.09. The molecule has 10 nitrogen and oxygen atoms in total. The summed E-state index contributed by atoms with van der Waals surface area (Å²) in [6.45, 7) is 4.73. The van der Waals surface area contributed by atoms with Gasteiger partial charge >= 0.3 is 5.69 Å². The van der Waals surface area contributed by atoms with Crippen LogP contribution in [0.5, 0.6) is 0 Å². The highest BCUT2D eigenvalue weighted by atomic mass is 16.5. The number of aryl methyl sites for hydroxylation is 2. The van der Waals surface area contributed by atoms with E-state index in [2.05, 4.69) is 15.5 Å². The first-order valence-corrected chi connectivity index (χ1v) is 8.19. The Kier molecular flexibility index (Phi) is 5.33. The Morgan fingerprint density at radius 3 is 2.88 bits per heavy atom. The molecule has 0 aliphatic carbocycles. The van der Waals surface area contributed by atoms with Crippen molar-refractivity contribution in [3.8, 4) is 0 Å². The van der Waals surface area contributed by atoms with Gasteiger partial charge in [0.1, 0.15) is 11.5 Å². The van der Waals surface area contributed by atoms with E-state index in [1.165, 1.54) is 0 Å². The summed E-state index contributed by atoms with van der Waals surface area (Å²) in [4.78, 5) is 39.3. The minimum atomic E-state index is -0.742. The van der Waals surface area contributed by atoms with Crippen LogP contribution in [-0.4, -0.2) is 46.4 Å². The quantitative estimate of drug-likeness (QED) is 0.666. The predicted molar refractivity (Wildman–Crippen MR) is 88.9 cm³/mol. The van der Waals surface area contributed by atoms with E-state index < -0.39 is 23.2 Å². The zero-order valence-electron chi connectivity index (χ0n) is 14.5. The van der Waals surface area contributed by atoms with Gasteiger partial charge < -0.3 is 24.3 Å². The molecule has 3 rings (SSSR count). The van der Waals surface area contributed by atoms with Gasteiger partial charge in [-0.15, -0.1) is 0 Å². The highest BCUT2D eigenvalue weighted by Crippen LogP contribution is 2.18. The first kappa shape index (κ1) is 18.1. The van der Waals surface area contributed by atoms with E-state index in [1.807, 2.05) is 18.8 Å². The fourth-order valence-corrected chi connectivity index (χ4v) is 2.79. The van der Waals surface area contributed by atoms with Gasteiger partial charge in [-0.2, -0.15) is 0 Å². The molecule has 0 unspecified atom stereocenters. The van der Waals surface area contributed by atoms with Crippen molar-refractivity contribution >= 4 is 5.91 Å². The Morgan fingerprint density at radius 1 is 1.38 bits per heavy atom. The zero-order valence-corrected chi connectivity index (χ0v) is 14.5. The van der Waals surface area contributed by atoms with Crippen LogP contribution in [-0.2, 0) is 16.1 Å². The van der Waals surface area contributed by atoms with Crippen LogP contribution in [0.4, 0.5) is 0 Å². The summed E-state index contributed by atoms with van der Waals surface area (Å²) < 4.78 is 16.5. The summed E-state index contributed by atoms with van der Waals surface area (Å²) in [6, 6.07) is 0.611. The van der Waals surface area contributed by atoms with Crippen LogP contribution < -0.4 is 16.6 Å². The van der Waals surface area contributed by atoms with E-state index >= 15 is 0 Å². The van der Waals surface area contributed by atoms with Crippen molar-refractivity contribution in [2.75, 3.05) is 13.2 Å². The van der Waals surface area contributed by atoms with Crippen LogP contribution in [0.25, 0.3) is 0 Å². The molecule has 1 fully saturated rings. The van der Waals surface area contributed by atoms with Crippen molar-refractivity contribution in [3.63, 3.8) is 0 Å². The Morgan fingerprint density at radius 2 is 2.19 bits per heavy atom. The number of ether oxygens (including phenoxy) is 2. The lowest BCUT2D eigenvalue weighted by Crippen LogP contribution is -2.51. The van der Waals surface area contributed by atoms with E-state index in [9.17, 15) is 14.4 Å². The summed E-state index contributed by atoms with van der Waals surface area (Å²) in [5, 5.41) is 6.64. The average molecular weight is 364 g/mol. The largest absolute Gasteiger partial charge is 0.379 e. The first-order chi connectivity index (χ1) is 12.4. The molecule has 1 amide bonds. The molecule has 26 heavy (non-hydrogen) atoms. The molecule has 0 radical (unpaired) electrons. The lowest BCUT2D eigenvalue weighted by Gasteiger charge is -2.32. The molecule has 3 N–H and O–H groups in total. The second kappa shape index (κ2) is 7.67. The van der Waals surface area contributed by atoms with Crippen LogP contribution in [0.15, 0.2) is 20.2 Å². The second-order valence-electron chi connectivity index (χ2n) is 6.10. The maximum absolute atomic E-state index is 12.3. The van der Waals surface area contributed by atoms with Gasteiger partial charge in [0.25, 0.3) is 11.5 Å². The fraction of sp³-hybridized carbons (Fsp3) is 0.500. The number of hydrogen-bond acceptors (Lipinski definition) is 7. The molecule has 2 aromatic heterocycles. The van der Waals surface area contributed by atoms with Gasteiger partial charge in [-0.3, -0.25) is 14.6 Å². The van der Waals surface area contributed by atoms with Crippen LogP contribution in [0.3, 0.4) is 0 Å². The van der Waals surface area contributed by atoms with E-state index in [0.717, 1.165) is 17.3 Å². The molecule has 1 saturated heterocycles. The molecule has 1 aliphatic rings. The molecule has 0 saturated carbocycles. The molecule has 2 aromatic rings. The number of aromatic amines is 2. The maximum Gasteiger partial charge on any atom is 0.326 e. The summed E-state index contributed by atoms with van der Waals surface area (Å²) in [6.07, 6.45) is 0.315. The number of nitrogens with one attached hydrogen (secondary N) is 3. The van der Waals surface area contributed by atoms with Crippen molar-refractivity contribution in [2.45, 2.75) is 39.0 Å². The van der Waals surface area contributed by atoms with Gasteiger partial charge in [-0.1, -0.05) is 5.16 Å². The molecular weight excluding hydrogens is 344 g/mol. The van der Waals surface area contributed by atoms with Crippen LogP contribution in [0, 0.1) is 13.8 Å². The lowest BCUT2D eigenvalue weighted by atomic mass is 10.1. The second-order valence-corrected chi connectivity index (χ2v) is 6.10. The monoisotopic (exact) mass is 364 g/mol. The van der Waals surface area contributed by atoms with Gasteiger partial charge in [-0.25, -0.2) is 4.79 Å². The SMILES string of the molecule is Cc1noc(C)c1CO[C@@H]1CCOC[C@@H]1NC(=O)c1cc(=O)[nH]c(=O)[nH]1. The number of H-pyrrole nitrogens is 2. The average Bonchev–Trinajstić information content (AvgIpc) is 2.91. The topological polar surface area (TPSA) is 139 Å². The van der Waals surface area contributed by atoms with Crippen LogP contribution in [0.1, 0.15) is 33.9 Å². The van der Waals surface area contributed by atoms with Gasteiger partial charge in [0, 0.05) is 18.2 Å². The minimum Gasteiger partial charge on any atom is -0.379 e. The summed E-state index contributed by atoms with van der Waals surface area (Å²) in [7, 11) is 0. The van der Waals surface area contributed by atoms with Gasteiger partial charge in [-0.05, 0) is 20.3 Å². The Bertz CT molecular complexity index is 851. The Labute approximate surface area is 147 Å². The lowest BCUT2D eigenvalue weighted by molar-refractivity contribution is -0.0608. The molecule has 0 spiro atoms. The summed E-state index contributed by atoms with van der Waals surface area (Å²) in [5.41, 5.74) is 0.129. The van der Waals surface area contributed by atoms with Gasteiger partial charge in [0.2, 0.25) is 0 Å². The molecule has 1 aliphatic heterocycles. The third-order valence-corrected chi connectivity index (χ3v) is 4.24. The van der Waals surface area contributed by atoms with Crippen molar-refractivity contribution in [1.29, 1.82) is 0 Å². The molecule has 2 atom stereocenters. The molecule has 10 heteroatoms. The predicted octanol–water partition coefficient (Wildman–Crippen LogP) is -0.228. The van der Waals surface area contributed by atoms with Crippen LogP contribution in [0.2, 0.25) is 0 Å². The van der Waals surface area contributed by atoms with Crippen molar-refractivity contribution < 1.29 is 18.8 Å². The number of carbonyl (C=O) groups excluding carboxylic acids is 1. The highest BCUT2D eigenvalue weighted by Gasteiger charge is 2.29. The number of nitrogens with zero attached hydrogens (tertiary/aromatic N) is 1. The molecule has 0 aromatic carbocycles. The van der Waals surface area contributed by atoms with Gasteiger partial charge in [0.05, 0.1) is 31.1 Å². The molecule has 140 valence electrons. The smallest absolute Gasteiger partial charge is 0.326 e. The number of carbonyl (C=O) groups is 1. The number of hydrogen-bond donors (Lipinski definition) is 3. The maximum atomic E-state index is 12.3. The third-order valence-electron chi connectivity index (χ3n) is 4.24. The van der Waals surface area contributed by atoms with Crippen molar-refractivity contribution in [1.82, 2.24) is 20.4 Å². The fourth-order valence-electron chi connectivity index (χ4n) is 2.79. The van der Waals surface area contributed by atoms with Crippen molar-refractivity contribution in [3.05, 3.63) is 49.6 Å². The summed E-state index contributed by atoms with van der Waals surface area (Å²) >= 11 is 0. The van der Waals surface area contributed by atoms with Gasteiger partial charge in [0.15, 0.2) is 0 Å². The Hall–Kier alpha value is -2.72. The summed E-state index contributed by atoms with van der Waals surface area (Å²) in [5.74, 6) is 0.117. The zero-order chi connectivity index (χ0) is 18.7.